The summed E-state index contributed by atoms with van der Waals surface area (Å²) in [6.07, 6.45) is 0. The first kappa shape index (κ1) is 11.8. The summed E-state index contributed by atoms with van der Waals surface area (Å²) in [6.45, 7) is 1.62. The van der Waals surface area contributed by atoms with Crippen LogP contribution in [0.1, 0.15) is 13.8 Å². The molecule has 0 spiro atoms. The van der Waals surface area contributed by atoms with Crippen molar-refractivity contribution in [3.8, 4) is 11.5 Å². The Morgan fingerprint density at radius 1 is 1.13 bits per heavy atom. The third-order valence-electron chi connectivity index (χ3n) is 1.64. The maximum atomic E-state index is 12.0. The average molecular weight is 216 g/mol. The van der Waals surface area contributed by atoms with Gasteiger partial charge in [-0.2, -0.15) is 8.78 Å². The SMILES string of the molecule is CC(C)COc1ccccc1OC(F)F. The molecule has 1 aromatic rings. The van der Waals surface area contributed by atoms with Crippen molar-refractivity contribution in [3.05, 3.63) is 24.3 Å². The van der Waals surface area contributed by atoms with Gasteiger partial charge in [-0.25, -0.2) is 0 Å². The lowest BCUT2D eigenvalue weighted by atomic mass is 10.2. The summed E-state index contributed by atoms with van der Waals surface area (Å²) in [5, 5.41) is 0. The summed E-state index contributed by atoms with van der Waals surface area (Å²) < 4.78 is 33.7. The third kappa shape index (κ3) is 4.14. The van der Waals surface area contributed by atoms with Crippen LogP contribution in [0.15, 0.2) is 24.3 Å². The number of benzene rings is 1. The van der Waals surface area contributed by atoms with Crippen molar-refractivity contribution >= 4 is 0 Å². The van der Waals surface area contributed by atoms with Crippen LogP contribution in [0.25, 0.3) is 0 Å². The van der Waals surface area contributed by atoms with Crippen LogP contribution in [0, 0.1) is 5.92 Å². The third-order valence-corrected chi connectivity index (χ3v) is 1.64. The van der Waals surface area contributed by atoms with Crippen molar-refractivity contribution in [2.75, 3.05) is 6.61 Å². The standard InChI is InChI=1S/C11H14F2O2/c1-8(2)7-14-9-5-3-4-6-10(9)15-11(12)13/h3-6,8,11H,7H2,1-2H3. The second kappa shape index (κ2) is 5.53. The van der Waals surface area contributed by atoms with Crippen molar-refractivity contribution < 1.29 is 18.3 Å². The molecule has 0 amide bonds. The molecule has 1 rings (SSSR count). The highest BCUT2D eigenvalue weighted by Crippen LogP contribution is 2.28. The molecule has 0 saturated heterocycles. The number of hydrogen-bond acceptors (Lipinski definition) is 2. The minimum Gasteiger partial charge on any atom is -0.489 e. The maximum absolute atomic E-state index is 12.0. The molecule has 0 atom stereocenters. The Kier molecular flexibility index (Phi) is 4.34. The molecule has 0 aliphatic rings. The average Bonchev–Trinajstić information content (AvgIpc) is 2.15. The largest absolute Gasteiger partial charge is 0.489 e. The predicted octanol–water partition coefficient (Wildman–Crippen LogP) is 3.32. The number of para-hydroxylation sites is 2. The highest BCUT2D eigenvalue weighted by atomic mass is 19.3. The molecule has 0 fully saturated rings. The van der Waals surface area contributed by atoms with Gasteiger partial charge in [0.25, 0.3) is 0 Å². The molecule has 0 aromatic heterocycles. The molecule has 0 radical (unpaired) electrons. The number of ether oxygens (including phenoxy) is 2. The van der Waals surface area contributed by atoms with Crippen molar-refractivity contribution in [1.82, 2.24) is 0 Å². The highest BCUT2D eigenvalue weighted by Gasteiger charge is 2.10. The highest BCUT2D eigenvalue weighted by molar-refractivity contribution is 5.39. The topological polar surface area (TPSA) is 18.5 Å². The Morgan fingerprint density at radius 3 is 2.27 bits per heavy atom. The monoisotopic (exact) mass is 216 g/mol. The zero-order valence-corrected chi connectivity index (χ0v) is 8.74. The van der Waals surface area contributed by atoms with Crippen molar-refractivity contribution in [2.45, 2.75) is 20.5 Å². The maximum Gasteiger partial charge on any atom is 0.387 e. The summed E-state index contributed by atoms with van der Waals surface area (Å²) in [4.78, 5) is 0. The van der Waals surface area contributed by atoms with Gasteiger partial charge in [-0.3, -0.25) is 0 Å². The van der Waals surface area contributed by atoms with Crippen LogP contribution in [0.5, 0.6) is 11.5 Å². The quantitative estimate of drug-likeness (QED) is 0.751. The molecular weight excluding hydrogens is 202 g/mol. The van der Waals surface area contributed by atoms with E-state index < -0.39 is 6.61 Å². The second-order valence-electron chi connectivity index (χ2n) is 3.53. The fourth-order valence-corrected chi connectivity index (χ4v) is 1.02. The van der Waals surface area contributed by atoms with Gasteiger partial charge in [0.2, 0.25) is 0 Å². The minimum absolute atomic E-state index is 0.0770. The zero-order valence-electron chi connectivity index (χ0n) is 8.74. The fourth-order valence-electron chi connectivity index (χ4n) is 1.02. The molecule has 0 bridgehead atoms. The number of rotatable bonds is 5. The van der Waals surface area contributed by atoms with E-state index in [1.54, 1.807) is 18.2 Å². The molecule has 0 N–H and O–H groups in total. The molecule has 0 unspecified atom stereocenters. The molecule has 2 nitrogen and oxygen atoms in total. The van der Waals surface area contributed by atoms with Gasteiger partial charge in [-0.1, -0.05) is 26.0 Å². The van der Waals surface area contributed by atoms with Gasteiger partial charge in [0.15, 0.2) is 11.5 Å². The summed E-state index contributed by atoms with van der Waals surface area (Å²) in [7, 11) is 0. The van der Waals surface area contributed by atoms with Gasteiger partial charge in [0.1, 0.15) is 0 Å². The molecule has 84 valence electrons. The van der Waals surface area contributed by atoms with E-state index in [4.69, 9.17) is 4.74 Å². The van der Waals surface area contributed by atoms with Crippen LogP contribution in [0.3, 0.4) is 0 Å². The van der Waals surface area contributed by atoms with Crippen molar-refractivity contribution in [1.29, 1.82) is 0 Å². The lowest BCUT2D eigenvalue weighted by Crippen LogP contribution is -2.08. The van der Waals surface area contributed by atoms with E-state index in [2.05, 4.69) is 4.74 Å². The molecule has 1 aromatic carbocycles. The van der Waals surface area contributed by atoms with E-state index in [-0.39, 0.29) is 5.75 Å². The Hall–Kier alpha value is -1.32. The lowest BCUT2D eigenvalue weighted by Gasteiger charge is -2.12. The smallest absolute Gasteiger partial charge is 0.387 e. The Morgan fingerprint density at radius 2 is 1.73 bits per heavy atom. The van der Waals surface area contributed by atoms with Gasteiger partial charge >= 0.3 is 6.61 Å². The Labute approximate surface area is 87.8 Å². The molecular formula is C11H14F2O2. The summed E-state index contributed by atoms with van der Waals surface area (Å²) in [6, 6.07) is 6.41. The van der Waals surface area contributed by atoms with Crippen LogP contribution >= 0.6 is 0 Å². The van der Waals surface area contributed by atoms with E-state index in [1.165, 1.54) is 6.07 Å². The fraction of sp³-hybridized carbons (Fsp3) is 0.455. The number of halogens is 2. The predicted molar refractivity (Wildman–Crippen MR) is 53.4 cm³/mol. The molecule has 0 saturated carbocycles. The van der Waals surface area contributed by atoms with Crippen molar-refractivity contribution in [2.24, 2.45) is 5.92 Å². The van der Waals surface area contributed by atoms with Gasteiger partial charge in [0, 0.05) is 0 Å². The zero-order chi connectivity index (χ0) is 11.3. The minimum atomic E-state index is -2.83. The van der Waals surface area contributed by atoms with Crippen LogP contribution < -0.4 is 9.47 Å². The van der Waals surface area contributed by atoms with Gasteiger partial charge in [-0.15, -0.1) is 0 Å². The Bertz CT molecular complexity index is 300. The van der Waals surface area contributed by atoms with Crippen LogP contribution in [-0.4, -0.2) is 13.2 Å². The van der Waals surface area contributed by atoms with Crippen LogP contribution in [-0.2, 0) is 0 Å². The van der Waals surface area contributed by atoms with E-state index >= 15 is 0 Å². The summed E-state index contributed by atoms with van der Waals surface area (Å²) in [5.74, 6) is 0.768. The van der Waals surface area contributed by atoms with Gasteiger partial charge < -0.3 is 9.47 Å². The van der Waals surface area contributed by atoms with Gasteiger partial charge in [-0.05, 0) is 18.1 Å². The molecule has 0 aliphatic heterocycles. The second-order valence-corrected chi connectivity index (χ2v) is 3.53. The van der Waals surface area contributed by atoms with E-state index in [0.717, 1.165) is 0 Å². The molecule has 0 aliphatic carbocycles. The van der Waals surface area contributed by atoms with Crippen molar-refractivity contribution in [3.63, 3.8) is 0 Å². The first-order chi connectivity index (χ1) is 7.09. The lowest BCUT2D eigenvalue weighted by molar-refractivity contribution is -0.0515. The first-order valence-electron chi connectivity index (χ1n) is 4.76. The molecule has 15 heavy (non-hydrogen) atoms. The molecule has 0 heterocycles. The number of alkyl halides is 2. The van der Waals surface area contributed by atoms with E-state index in [0.29, 0.717) is 18.3 Å². The number of hydrogen-bond donors (Lipinski definition) is 0. The van der Waals surface area contributed by atoms with Crippen LogP contribution in [0.2, 0.25) is 0 Å². The van der Waals surface area contributed by atoms with Crippen LogP contribution in [0.4, 0.5) is 8.78 Å². The Balaban J connectivity index is 2.68. The van der Waals surface area contributed by atoms with E-state index in [9.17, 15) is 8.78 Å². The normalized spacial score (nSPS) is 10.8. The summed E-state index contributed by atoms with van der Waals surface area (Å²) >= 11 is 0. The van der Waals surface area contributed by atoms with E-state index in [1.807, 2.05) is 13.8 Å². The van der Waals surface area contributed by atoms with Gasteiger partial charge in [0.05, 0.1) is 6.61 Å². The summed E-state index contributed by atoms with van der Waals surface area (Å²) in [5.41, 5.74) is 0. The molecule has 4 heteroatoms. The first-order valence-corrected chi connectivity index (χ1v) is 4.76.